The number of aromatic hydroxyl groups is 1. The zero-order valence-electron chi connectivity index (χ0n) is 5.43. The molecule has 1 aromatic rings. The summed E-state index contributed by atoms with van der Waals surface area (Å²) in [6.45, 7) is 1.68. The predicted molar refractivity (Wildman–Crippen MR) is 40.1 cm³/mol. The molecule has 10 heavy (non-hydrogen) atoms. The SMILES string of the molecule is Cc1c(N)cnc(Cl)c1O. The number of anilines is 1. The van der Waals surface area contributed by atoms with E-state index in [1.807, 2.05) is 0 Å². The van der Waals surface area contributed by atoms with Crippen molar-refractivity contribution >= 4 is 17.3 Å². The molecule has 0 aliphatic carbocycles. The molecule has 0 radical (unpaired) electrons. The highest BCUT2D eigenvalue weighted by atomic mass is 35.5. The van der Waals surface area contributed by atoms with Crippen molar-refractivity contribution in [2.75, 3.05) is 5.73 Å². The van der Waals surface area contributed by atoms with Gasteiger partial charge in [0.05, 0.1) is 11.9 Å². The Balaban J connectivity index is 3.34. The van der Waals surface area contributed by atoms with Crippen molar-refractivity contribution in [2.45, 2.75) is 6.92 Å². The van der Waals surface area contributed by atoms with Crippen LogP contribution in [0, 0.1) is 6.92 Å². The van der Waals surface area contributed by atoms with Gasteiger partial charge in [0.1, 0.15) is 0 Å². The van der Waals surface area contributed by atoms with Crippen molar-refractivity contribution in [3.8, 4) is 5.75 Å². The van der Waals surface area contributed by atoms with Crippen LogP contribution in [0.4, 0.5) is 5.69 Å². The summed E-state index contributed by atoms with van der Waals surface area (Å²) < 4.78 is 0. The van der Waals surface area contributed by atoms with Gasteiger partial charge in [-0.1, -0.05) is 11.6 Å². The number of nitrogens with two attached hydrogens (primary N) is 1. The zero-order valence-corrected chi connectivity index (χ0v) is 6.18. The van der Waals surface area contributed by atoms with Crippen molar-refractivity contribution in [3.05, 3.63) is 16.9 Å². The fourth-order valence-electron chi connectivity index (χ4n) is 0.576. The Kier molecular flexibility index (Phi) is 1.68. The van der Waals surface area contributed by atoms with Crippen molar-refractivity contribution in [1.82, 2.24) is 4.98 Å². The molecule has 4 heteroatoms. The topological polar surface area (TPSA) is 59.1 Å². The van der Waals surface area contributed by atoms with Crippen LogP contribution in [-0.4, -0.2) is 10.1 Å². The summed E-state index contributed by atoms with van der Waals surface area (Å²) in [5.74, 6) is -0.0401. The second-order valence-electron chi connectivity index (χ2n) is 1.98. The van der Waals surface area contributed by atoms with E-state index in [9.17, 15) is 0 Å². The van der Waals surface area contributed by atoms with Gasteiger partial charge in [-0.2, -0.15) is 0 Å². The molecule has 0 atom stereocenters. The number of hydrogen-bond donors (Lipinski definition) is 2. The molecule has 0 saturated heterocycles. The number of nitrogen functional groups attached to an aromatic ring is 1. The average Bonchev–Trinajstić information content (AvgIpc) is 1.93. The fraction of sp³-hybridized carbons (Fsp3) is 0.167. The van der Waals surface area contributed by atoms with Crippen molar-refractivity contribution in [3.63, 3.8) is 0 Å². The number of halogens is 1. The molecule has 0 saturated carbocycles. The summed E-state index contributed by atoms with van der Waals surface area (Å²) in [6, 6.07) is 0. The molecule has 0 fully saturated rings. The number of hydrogen-bond acceptors (Lipinski definition) is 3. The van der Waals surface area contributed by atoms with Crippen LogP contribution in [0.3, 0.4) is 0 Å². The Morgan fingerprint density at radius 2 is 2.30 bits per heavy atom. The van der Waals surface area contributed by atoms with E-state index in [0.29, 0.717) is 11.3 Å². The highest BCUT2D eigenvalue weighted by molar-refractivity contribution is 6.30. The molecule has 54 valence electrons. The molecule has 0 amide bonds. The van der Waals surface area contributed by atoms with Crippen molar-refractivity contribution < 1.29 is 5.11 Å². The summed E-state index contributed by atoms with van der Waals surface area (Å²) in [4.78, 5) is 3.63. The zero-order chi connectivity index (χ0) is 7.72. The lowest BCUT2D eigenvalue weighted by Gasteiger charge is -2.01. The van der Waals surface area contributed by atoms with Gasteiger partial charge in [0.15, 0.2) is 10.9 Å². The Morgan fingerprint density at radius 1 is 1.70 bits per heavy atom. The standard InChI is InChI=1S/C6H7ClN2O/c1-3-4(8)2-9-6(7)5(3)10/h2,10H,8H2,1H3. The summed E-state index contributed by atoms with van der Waals surface area (Å²) in [5.41, 5.74) is 6.42. The van der Waals surface area contributed by atoms with Gasteiger partial charge in [0, 0.05) is 5.56 Å². The van der Waals surface area contributed by atoms with Gasteiger partial charge in [0.2, 0.25) is 0 Å². The average molecular weight is 159 g/mol. The fourth-order valence-corrected chi connectivity index (χ4v) is 0.766. The van der Waals surface area contributed by atoms with Crippen LogP contribution >= 0.6 is 11.6 Å². The van der Waals surface area contributed by atoms with Crippen molar-refractivity contribution in [1.29, 1.82) is 0 Å². The summed E-state index contributed by atoms with van der Waals surface area (Å²) in [7, 11) is 0. The van der Waals surface area contributed by atoms with E-state index in [1.54, 1.807) is 6.92 Å². The molecule has 1 rings (SSSR count). The Labute approximate surface area is 63.5 Å². The first-order valence-corrected chi connectivity index (χ1v) is 3.10. The van der Waals surface area contributed by atoms with Gasteiger partial charge in [-0.3, -0.25) is 0 Å². The molecular weight excluding hydrogens is 152 g/mol. The molecule has 0 aliphatic heterocycles. The van der Waals surface area contributed by atoms with E-state index in [1.165, 1.54) is 6.20 Å². The first-order valence-electron chi connectivity index (χ1n) is 2.72. The first kappa shape index (κ1) is 7.15. The van der Waals surface area contributed by atoms with Crippen LogP contribution in [0.2, 0.25) is 5.15 Å². The second kappa shape index (κ2) is 2.34. The van der Waals surface area contributed by atoms with E-state index in [0.717, 1.165) is 0 Å². The van der Waals surface area contributed by atoms with E-state index < -0.39 is 0 Å². The Bertz CT molecular complexity index is 235. The van der Waals surface area contributed by atoms with Crippen LogP contribution in [0.15, 0.2) is 6.20 Å². The van der Waals surface area contributed by atoms with Gasteiger partial charge >= 0.3 is 0 Å². The molecule has 0 aliphatic rings. The lowest BCUT2D eigenvalue weighted by Crippen LogP contribution is -1.91. The maximum atomic E-state index is 9.11. The largest absolute Gasteiger partial charge is 0.504 e. The van der Waals surface area contributed by atoms with Gasteiger partial charge in [-0.25, -0.2) is 4.98 Å². The third-order valence-corrected chi connectivity index (χ3v) is 1.58. The Morgan fingerprint density at radius 3 is 2.80 bits per heavy atom. The molecule has 0 unspecified atom stereocenters. The van der Waals surface area contributed by atoms with Crippen molar-refractivity contribution in [2.24, 2.45) is 0 Å². The monoisotopic (exact) mass is 158 g/mol. The first-order chi connectivity index (χ1) is 4.63. The third-order valence-electron chi connectivity index (χ3n) is 1.30. The quantitative estimate of drug-likeness (QED) is 0.560. The van der Waals surface area contributed by atoms with Gasteiger partial charge in [-0.05, 0) is 6.92 Å². The molecule has 3 nitrogen and oxygen atoms in total. The molecule has 0 bridgehead atoms. The summed E-state index contributed by atoms with van der Waals surface area (Å²) in [6.07, 6.45) is 1.41. The summed E-state index contributed by atoms with van der Waals surface area (Å²) in [5, 5.41) is 9.20. The molecular formula is C6H7ClN2O. The van der Waals surface area contributed by atoms with Crippen LogP contribution in [0.5, 0.6) is 5.75 Å². The number of rotatable bonds is 0. The van der Waals surface area contributed by atoms with Gasteiger partial charge in [-0.15, -0.1) is 0 Å². The van der Waals surface area contributed by atoms with E-state index in [2.05, 4.69) is 4.98 Å². The van der Waals surface area contributed by atoms with Crippen LogP contribution < -0.4 is 5.73 Å². The second-order valence-corrected chi connectivity index (χ2v) is 2.34. The number of nitrogens with zero attached hydrogens (tertiary/aromatic N) is 1. The van der Waals surface area contributed by atoms with Crippen LogP contribution in [0.25, 0.3) is 0 Å². The minimum Gasteiger partial charge on any atom is -0.504 e. The molecule has 1 heterocycles. The number of pyridine rings is 1. The third kappa shape index (κ3) is 0.998. The number of aromatic nitrogens is 1. The van der Waals surface area contributed by atoms with E-state index in [4.69, 9.17) is 22.4 Å². The minimum atomic E-state index is -0.0401. The lowest BCUT2D eigenvalue weighted by atomic mass is 10.2. The summed E-state index contributed by atoms with van der Waals surface area (Å²) >= 11 is 5.47. The molecule has 1 aromatic heterocycles. The van der Waals surface area contributed by atoms with Gasteiger partial charge < -0.3 is 10.8 Å². The predicted octanol–water partition coefficient (Wildman–Crippen LogP) is 1.33. The van der Waals surface area contributed by atoms with E-state index in [-0.39, 0.29) is 10.9 Å². The molecule has 0 aromatic carbocycles. The van der Waals surface area contributed by atoms with E-state index >= 15 is 0 Å². The van der Waals surface area contributed by atoms with Crippen LogP contribution in [0.1, 0.15) is 5.56 Å². The maximum Gasteiger partial charge on any atom is 0.171 e. The smallest absolute Gasteiger partial charge is 0.171 e. The normalized spacial score (nSPS) is 9.80. The van der Waals surface area contributed by atoms with Crippen LogP contribution in [-0.2, 0) is 0 Å². The maximum absolute atomic E-state index is 9.11. The minimum absolute atomic E-state index is 0.0401. The van der Waals surface area contributed by atoms with Gasteiger partial charge in [0.25, 0.3) is 0 Å². The Hall–Kier alpha value is -0.960. The molecule has 3 N–H and O–H groups in total. The highest BCUT2D eigenvalue weighted by Crippen LogP contribution is 2.27. The lowest BCUT2D eigenvalue weighted by molar-refractivity contribution is 0.469. The highest BCUT2D eigenvalue weighted by Gasteiger charge is 2.04. The molecule has 0 spiro atoms.